The van der Waals surface area contributed by atoms with Gasteiger partial charge in [0.2, 0.25) is 5.95 Å². The van der Waals surface area contributed by atoms with Crippen molar-refractivity contribution in [1.29, 1.82) is 0 Å². The van der Waals surface area contributed by atoms with Gasteiger partial charge in [-0.3, -0.25) is 9.59 Å². The molecule has 2 N–H and O–H groups in total. The SMILES string of the molecule is CC(=O)c1cccc(Nc2ncc(C(=O)Nc3ccc(C(C)(C)C)cc3)cn2)c1. The van der Waals surface area contributed by atoms with Crippen LogP contribution < -0.4 is 10.6 Å². The molecule has 1 heterocycles. The van der Waals surface area contributed by atoms with Crippen molar-refractivity contribution in [3.8, 4) is 0 Å². The summed E-state index contributed by atoms with van der Waals surface area (Å²) < 4.78 is 0. The van der Waals surface area contributed by atoms with Crippen LogP contribution in [0.2, 0.25) is 0 Å². The Labute approximate surface area is 170 Å². The van der Waals surface area contributed by atoms with Gasteiger partial charge in [0.05, 0.1) is 5.56 Å². The van der Waals surface area contributed by atoms with Crippen molar-refractivity contribution in [2.24, 2.45) is 0 Å². The van der Waals surface area contributed by atoms with Crippen LogP contribution in [0.25, 0.3) is 0 Å². The molecule has 3 aromatic rings. The third-order valence-corrected chi connectivity index (χ3v) is 4.45. The summed E-state index contributed by atoms with van der Waals surface area (Å²) in [6, 6.07) is 14.9. The summed E-state index contributed by atoms with van der Waals surface area (Å²) in [4.78, 5) is 32.3. The maximum atomic E-state index is 12.4. The lowest BCUT2D eigenvalue weighted by Crippen LogP contribution is -2.14. The number of aromatic nitrogens is 2. The van der Waals surface area contributed by atoms with E-state index in [0.29, 0.717) is 28.5 Å². The van der Waals surface area contributed by atoms with Gasteiger partial charge in [-0.25, -0.2) is 9.97 Å². The molecule has 6 nitrogen and oxygen atoms in total. The Morgan fingerprint density at radius 2 is 1.52 bits per heavy atom. The molecule has 148 valence electrons. The van der Waals surface area contributed by atoms with Crippen LogP contribution in [0.5, 0.6) is 0 Å². The quantitative estimate of drug-likeness (QED) is 0.603. The number of nitrogens with zero attached hydrogens (tertiary/aromatic N) is 2. The second-order valence-corrected chi connectivity index (χ2v) is 7.84. The molecule has 0 saturated carbocycles. The number of amides is 1. The zero-order chi connectivity index (χ0) is 21.0. The predicted octanol–water partition coefficient (Wildman–Crippen LogP) is 4.97. The minimum Gasteiger partial charge on any atom is -0.324 e. The molecule has 2 aromatic carbocycles. The minimum absolute atomic E-state index is 0.0166. The number of ketones is 1. The average Bonchev–Trinajstić information content (AvgIpc) is 2.68. The van der Waals surface area contributed by atoms with E-state index < -0.39 is 0 Å². The van der Waals surface area contributed by atoms with E-state index in [9.17, 15) is 9.59 Å². The van der Waals surface area contributed by atoms with Crippen molar-refractivity contribution < 1.29 is 9.59 Å². The monoisotopic (exact) mass is 388 g/mol. The van der Waals surface area contributed by atoms with Gasteiger partial charge < -0.3 is 10.6 Å². The Morgan fingerprint density at radius 3 is 2.10 bits per heavy atom. The molecule has 3 rings (SSSR count). The summed E-state index contributed by atoms with van der Waals surface area (Å²) in [5.74, 6) is 0.0486. The molecule has 0 aliphatic rings. The van der Waals surface area contributed by atoms with Gasteiger partial charge in [-0.2, -0.15) is 0 Å². The highest BCUT2D eigenvalue weighted by Crippen LogP contribution is 2.23. The number of hydrogen-bond acceptors (Lipinski definition) is 5. The van der Waals surface area contributed by atoms with Crippen molar-refractivity contribution in [2.45, 2.75) is 33.1 Å². The first-order valence-corrected chi connectivity index (χ1v) is 9.34. The second kappa shape index (κ2) is 8.22. The lowest BCUT2D eigenvalue weighted by Gasteiger charge is -2.19. The molecule has 0 radical (unpaired) electrons. The highest BCUT2D eigenvalue weighted by atomic mass is 16.1. The third kappa shape index (κ3) is 5.25. The van der Waals surface area contributed by atoms with Crippen LogP contribution in [0.4, 0.5) is 17.3 Å². The van der Waals surface area contributed by atoms with Gasteiger partial charge in [0.15, 0.2) is 5.78 Å². The Kier molecular flexibility index (Phi) is 5.73. The summed E-state index contributed by atoms with van der Waals surface area (Å²) in [5, 5.41) is 5.88. The maximum absolute atomic E-state index is 12.4. The number of anilines is 3. The molecule has 6 heteroatoms. The number of rotatable bonds is 5. The van der Waals surface area contributed by atoms with E-state index >= 15 is 0 Å². The lowest BCUT2D eigenvalue weighted by molar-refractivity contribution is 0.101. The van der Waals surface area contributed by atoms with E-state index in [4.69, 9.17) is 0 Å². The van der Waals surface area contributed by atoms with Crippen LogP contribution in [0.15, 0.2) is 60.9 Å². The van der Waals surface area contributed by atoms with Crippen LogP contribution in [0.1, 0.15) is 54.0 Å². The molecule has 0 bridgehead atoms. The Morgan fingerprint density at radius 1 is 0.862 bits per heavy atom. The van der Waals surface area contributed by atoms with Gasteiger partial charge in [-0.15, -0.1) is 0 Å². The van der Waals surface area contributed by atoms with Crippen molar-refractivity contribution in [1.82, 2.24) is 9.97 Å². The fraction of sp³-hybridized carbons (Fsp3) is 0.217. The fourth-order valence-corrected chi connectivity index (χ4v) is 2.71. The molecule has 0 fully saturated rings. The minimum atomic E-state index is -0.279. The number of hydrogen-bond donors (Lipinski definition) is 2. The molecule has 29 heavy (non-hydrogen) atoms. The van der Waals surface area contributed by atoms with Crippen LogP contribution in [0, 0.1) is 0 Å². The molecule has 1 aromatic heterocycles. The van der Waals surface area contributed by atoms with E-state index in [0.717, 1.165) is 0 Å². The smallest absolute Gasteiger partial charge is 0.258 e. The van der Waals surface area contributed by atoms with Gasteiger partial charge in [-0.1, -0.05) is 45.0 Å². The van der Waals surface area contributed by atoms with Crippen molar-refractivity contribution in [2.75, 3.05) is 10.6 Å². The molecule has 0 spiro atoms. The zero-order valence-electron chi connectivity index (χ0n) is 17.0. The van der Waals surface area contributed by atoms with Gasteiger partial charge in [0.25, 0.3) is 5.91 Å². The second-order valence-electron chi connectivity index (χ2n) is 7.84. The number of Topliss-reactive ketones (excluding diaryl/α,β-unsaturated/α-hetero) is 1. The Bertz CT molecular complexity index is 1020. The zero-order valence-corrected chi connectivity index (χ0v) is 17.0. The molecule has 0 aliphatic heterocycles. The fourth-order valence-electron chi connectivity index (χ4n) is 2.71. The van der Waals surface area contributed by atoms with Gasteiger partial charge in [0.1, 0.15) is 0 Å². The average molecular weight is 388 g/mol. The lowest BCUT2D eigenvalue weighted by atomic mass is 9.87. The highest BCUT2D eigenvalue weighted by Gasteiger charge is 2.14. The summed E-state index contributed by atoms with van der Waals surface area (Å²) in [6.45, 7) is 7.94. The number of carbonyl (C=O) groups is 2. The van der Waals surface area contributed by atoms with Crippen LogP contribution in [0.3, 0.4) is 0 Å². The summed E-state index contributed by atoms with van der Waals surface area (Å²) in [6.07, 6.45) is 2.92. The van der Waals surface area contributed by atoms with Gasteiger partial charge in [0, 0.05) is 29.3 Å². The van der Waals surface area contributed by atoms with E-state index in [1.807, 2.05) is 30.3 Å². The van der Waals surface area contributed by atoms with Gasteiger partial charge in [-0.05, 0) is 42.2 Å². The highest BCUT2D eigenvalue weighted by molar-refractivity contribution is 6.03. The van der Waals surface area contributed by atoms with Crippen molar-refractivity contribution in [3.05, 3.63) is 77.6 Å². The van der Waals surface area contributed by atoms with E-state index in [1.165, 1.54) is 24.9 Å². The van der Waals surface area contributed by atoms with Crippen molar-refractivity contribution in [3.63, 3.8) is 0 Å². The Hall–Kier alpha value is -3.54. The van der Waals surface area contributed by atoms with Gasteiger partial charge >= 0.3 is 0 Å². The summed E-state index contributed by atoms with van der Waals surface area (Å²) in [5.41, 5.74) is 3.63. The molecular weight excluding hydrogens is 364 g/mol. The first-order valence-electron chi connectivity index (χ1n) is 9.34. The first kappa shape index (κ1) is 20.2. The van der Waals surface area contributed by atoms with E-state index in [2.05, 4.69) is 41.4 Å². The standard InChI is InChI=1S/C23H24N4O2/c1-15(28)16-6-5-7-20(12-16)27-22-24-13-17(14-25-22)21(29)26-19-10-8-18(9-11-19)23(2,3)4/h5-14H,1-4H3,(H,26,29)(H,24,25,27). The van der Waals surface area contributed by atoms with Crippen LogP contribution in [-0.2, 0) is 5.41 Å². The molecule has 0 aliphatic carbocycles. The normalized spacial score (nSPS) is 11.0. The first-order chi connectivity index (χ1) is 13.7. The number of benzene rings is 2. The summed E-state index contributed by atoms with van der Waals surface area (Å²) in [7, 11) is 0. The number of carbonyl (C=O) groups excluding carboxylic acids is 2. The predicted molar refractivity (Wildman–Crippen MR) is 115 cm³/mol. The number of nitrogens with one attached hydrogen (secondary N) is 2. The molecular formula is C23H24N4O2. The maximum Gasteiger partial charge on any atom is 0.258 e. The Balaban J connectivity index is 1.66. The van der Waals surface area contributed by atoms with Crippen molar-refractivity contribution >= 4 is 29.0 Å². The topological polar surface area (TPSA) is 84.0 Å². The largest absolute Gasteiger partial charge is 0.324 e. The molecule has 1 amide bonds. The molecule has 0 saturated heterocycles. The third-order valence-electron chi connectivity index (χ3n) is 4.45. The van der Waals surface area contributed by atoms with E-state index in [1.54, 1.807) is 18.2 Å². The van der Waals surface area contributed by atoms with Crippen LogP contribution >= 0.6 is 0 Å². The summed E-state index contributed by atoms with van der Waals surface area (Å²) >= 11 is 0. The van der Waals surface area contributed by atoms with E-state index in [-0.39, 0.29) is 17.1 Å². The van der Waals surface area contributed by atoms with Crippen LogP contribution in [-0.4, -0.2) is 21.7 Å². The molecule has 0 unspecified atom stereocenters. The molecule has 0 atom stereocenters.